The Morgan fingerprint density at radius 3 is 1.86 bits per heavy atom. The molecule has 0 spiro atoms. The van der Waals surface area contributed by atoms with E-state index in [9.17, 15) is 0 Å². The van der Waals surface area contributed by atoms with Crippen LogP contribution in [-0.2, 0) is 48.1 Å². The fraction of sp³-hybridized carbons (Fsp3) is 0.280. The molecule has 0 bridgehead atoms. The molecule has 0 saturated carbocycles. The molecule has 0 N–H and O–H groups in total. The van der Waals surface area contributed by atoms with Crippen LogP contribution in [0.15, 0.2) is 170 Å². The molecule has 5 nitrogen and oxygen atoms in total. The van der Waals surface area contributed by atoms with Gasteiger partial charge in [0.15, 0.2) is 0 Å². The first-order chi connectivity index (χ1) is 39.2. The number of ether oxygens (including phenoxy) is 1. The van der Waals surface area contributed by atoms with Crippen LogP contribution < -0.4 is 13.9 Å². The van der Waals surface area contributed by atoms with Crippen molar-refractivity contribution < 1.29 is 29.9 Å². The van der Waals surface area contributed by atoms with E-state index in [1.807, 2.05) is 28.8 Å². The van der Waals surface area contributed by atoms with Gasteiger partial charge in [0.25, 0.3) is 11.4 Å². The van der Waals surface area contributed by atoms with Gasteiger partial charge in [-0.15, -0.1) is 23.6 Å². The molecular formula is C75H74N4OPt+2. The van der Waals surface area contributed by atoms with Crippen LogP contribution >= 0.6 is 0 Å². The van der Waals surface area contributed by atoms with Crippen LogP contribution in [0.1, 0.15) is 140 Å². The summed E-state index contributed by atoms with van der Waals surface area (Å²) in [7, 11) is 0. The van der Waals surface area contributed by atoms with Gasteiger partial charge in [-0.2, -0.15) is 12.1 Å². The van der Waals surface area contributed by atoms with Crippen LogP contribution in [0.3, 0.4) is 0 Å². The first kappa shape index (κ1) is 51.7. The summed E-state index contributed by atoms with van der Waals surface area (Å²) in [5.74, 6) is 1.47. The average Bonchev–Trinajstić information content (AvgIpc) is 1.32. The number of benzene rings is 8. The standard InChI is InChI=1S/C75H74N4O.Pt/c1-48-39-68(76-46-62(48)60-29-22-30-63-69(60)75(13,14)38-37-74(63,11)12)79-64-36-33-51(71(2,3)4)43-61(64)59-35-34-56(45-67(59)79)80-55-26-20-25-54(44-55)77-47-78(66-32-19-18-31-65(66)77)70-57(49-23-16-15-17-24-49)27-21-28-58(70)50-40-52(72(5,6)7)42-53(41-50)73(8,9)10;/h15-36,39-43,46H,37-38H2,1-14H3;/q;+2/i1D3;. The second kappa shape index (κ2) is 20.2. The number of aryl methyl sites for hydroxylation is 1. The van der Waals surface area contributed by atoms with E-state index in [0.717, 1.165) is 85.2 Å². The van der Waals surface area contributed by atoms with E-state index < -0.39 is 6.85 Å². The van der Waals surface area contributed by atoms with Crippen molar-refractivity contribution >= 4 is 50.6 Å². The molecule has 0 amide bonds. The molecule has 408 valence electrons. The molecule has 8 aromatic carbocycles. The minimum absolute atomic E-state index is 0. The van der Waals surface area contributed by atoms with Crippen LogP contribution in [0.4, 0.5) is 22.7 Å². The molecule has 2 aromatic heterocycles. The first-order valence-electron chi connectivity index (χ1n) is 29.8. The van der Waals surface area contributed by atoms with Crippen LogP contribution in [0.2, 0.25) is 0 Å². The van der Waals surface area contributed by atoms with Gasteiger partial charge in [0, 0.05) is 45.0 Å². The summed E-state index contributed by atoms with van der Waals surface area (Å²) in [5, 5.41) is 1.97. The van der Waals surface area contributed by atoms with E-state index in [1.165, 1.54) is 27.8 Å². The molecule has 0 radical (unpaired) electrons. The number of nitrogens with zero attached hydrogens (tertiary/aromatic N) is 4. The van der Waals surface area contributed by atoms with E-state index in [-0.39, 0.29) is 53.7 Å². The molecule has 6 heteroatoms. The largest absolute Gasteiger partial charge is 2.00 e. The Hall–Kier alpha value is -7.42. The molecule has 0 fully saturated rings. The first-order valence-corrected chi connectivity index (χ1v) is 28.3. The van der Waals surface area contributed by atoms with Crippen molar-refractivity contribution in [3.63, 3.8) is 0 Å². The quantitative estimate of drug-likeness (QED) is 0.112. The summed E-state index contributed by atoms with van der Waals surface area (Å²) in [6, 6.07) is 68.6. The van der Waals surface area contributed by atoms with Gasteiger partial charge < -0.3 is 9.30 Å². The van der Waals surface area contributed by atoms with Crippen molar-refractivity contribution in [2.75, 3.05) is 0 Å². The van der Waals surface area contributed by atoms with Crippen molar-refractivity contribution in [2.45, 2.75) is 137 Å². The SMILES string of the molecule is [2H]C([2H])([2H])c1cc(-n2c3[c-]c(Oc4[c-]c([N+]5=C=[N+](c6c(-c7ccccc7)cccc6-c6cc(C(C)(C)C)cc(C(C)(C)C)c6)c6ccccc65)ccc4)ccc3c3cc(C(C)(C)C)ccc32)ncc1-c1cccc2c1C(C)(C)CCC2(C)C.[Pt+2]. The fourth-order valence-electron chi connectivity index (χ4n) is 12.1. The summed E-state index contributed by atoms with van der Waals surface area (Å²) in [6.45, 7) is 27.1. The van der Waals surface area contributed by atoms with Gasteiger partial charge in [-0.3, -0.25) is 0 Å². The fourth-order valence-corrected chi connectivity index (χ4v) is 12.1. The molecule has 0 atom stereocenters. The molecule has 81 heavy (non-hydrogen) atoms. The van der Waals surface area contributed by atoms with E-state index in [4.69, 9.17) is 13.8 Å². The summed E-state index contributed by atoms with van der Waals surface area (Å²) < 4.78 is 40.3. The van der Waals surface area contributed by atoms with Gasteiger partial charge in [-0.1, -0.05) is 209 Å². The second-order valence-electron chi connectivity index (χ2n) is 26.6. The third-order valence-corrected chi connectivity index (χ3v) is 16.9. The Morgan fingerprint density at radius 1 is 0.556 bits per heavy atom. The second-order valence-corrected chi connectivity index (χ2v) is 26.6. The van der Waals surface area contributed by atoms with Crippen molar-refractivity contribution in [1.82, 2.24) is 18.7 Å². The van der Waals surface area contributed by atoms with Crippen molar-refractivity contribution in [3.8, 4) is 50.7 Å². The topological polar surface area (TPSA) is 33.1 Å². The Balaban J connectivity index is 0.00000736. The molecule has 0 unspecified atom stereocenters. The average molecular weight is 1250 g/mol. The maximum absolute atomic E-state index is 9.05. The predicted octanol–water partition coefficient (Wildman–Crippen LogP) is 20.0. The van der Waals surface area contributed by atoms with Gasteiger partial charge in [0.1, 0.15) is 11.5 Å². The Bertz CT molecular complexity index is 4290. The predicted molar refractivity (Wildman–Crippen MR) is 336 cm³/mol. The maximum atomic E-state index is 9.05. The minimum Gasteiger partial charge on any atom is -0.509 e. The van der Waals surface area contributed by atoms with Gasteiger partial charge in [0.05, 0.1) is 11.1 Å². The van der Waals surface area contributed by atoms with Gasteiger partial charge in [-0.05, 0) is 131 Å². The molecule has 1 aliphatic carbocycles. The maximum Gasteiger partial charge on any atom is 2.00 e. The molecule has 2 aliphatic rings. The number of aromatic nitrogens is 2. The van der Waals surface area contributed by atoms with Crippen LogP contribution in [0.5, 0.6) is 11.5 Å². The Kier molecular flexibility index (Phi) is 12.9. The third-order valence-electron chi connectivity index (χ3n) is 16.9. The zero-order valence-electron chi connectivity index (χ0n) is 52.1. The summed E-state index contributed by atoms with van der Waals surface area (Å²) >= 11 is 0. The molecule has 1 aliphatic heterocycles. The van der Waals surface area contributed by atoms with E-state index in [0.29, 0.717) is 22.9 Å². The Labute approximate surface area is 499 Å². The van der Waals surface area contributed by atoms with Crippen molar-refractivity contribution in [1.29, 1.82) is 0 Å². The molecule has 10 aromatic rings. The monoisotopic (exact) mass is 1240 g/mol. The number of hydrogen-bond donors (Lipinski definition) is 0. The van der Waals surface area contributed by atoms with Crippen molar-refractivity contribution in [2.24, 2.45) is 0 Å². The number of fused-ring (bicyclic) bond motifs is 5. The summed E-state index contributed by atoms with van der Waals surface area (Å²) in [5.41, 5.74) is 17.4. The molecular weight excluding hydrogens is 1170 g/mol. The zero-order chi connectivity index (χ0) is 58.8. The van der Waals surface area contributed by atoms with Crippen LogP contribution in [0.25, 0.3) is 61.0 Å². The number of para-hydroxylation sites is 3. The number of pyridine rings is 1. The molecule has 0 saturated heterocycles. The van der Waals surface area contributed by atoms with Gasteiger partial charge in [0.2, 0.25) is 5.69 Å². The van der Waals surface area contributed by atoms with Crippen LogP contribution in [0, 0.1) is 19.0 Å². The number of hydrogen-bond acceptors (Lipinski definition) is 2. The molecule has 12 rings (SSSR count). The van der Waals surface area contributed by atoms with Crippen LogP contribution in [-0.4, -0.2) is 15.6 Å². The van der Waals surface area contributed by atoms with Crippen molar-refractivity contribution in [3.05, 3.63) is 216 Å². The molecule has 3 heterocycles. The smallest absolute Gasteiger partial charge is 0.509 e. The normalized spacial score (nSPS) is 15.4. The Morgan fingerprint density at radius 2 is 1.17 bits per heavy atom. The van der Waals surface area contributed by atoms with E-state index in [1.54, 1.807) is 12.3 Å². The van der Waals surface area contributed by atoms with E-state index in [2.05, 4.69) is 251 Å². The van der Waals surface area contributed by atoms with E-state index >= 15 is 0 Å². The third kappa shape index (κ3) is 10.1. The summed E-state index contributed by atoms with van der Waals surface area (Å²) in [6.07, 6.45) is 3.84. The summed E-state index contributed by atoms with van der Waals surface area (Å²) in [4.78, 5) is 5.19. The van der Waals surface area contributed by atoms with Gasteiger partial charge in [-0.25, -0.2) is 4.98 Å². The van der Waals surface area contributed by atoms with Gasteiger partial charge >= 0.3 is 27.1 Å². The number of rotatable bonds is 8. The minimum atomic E-state index is -2.44. The zero-order valence-corrected chi connectivity index (χ0v) is 51.4.